The van der Waals surface area contributed by atoms with Gasteiger partial charge in [-0.3, -0.25) is 0 Å². The molecule has 2 N–H and O–H groups in total. The van der Waals surface area contributed by atoms with Crippen molar-refractivity contribution in [2.45, 2.75) is 32.2 Å². The first-order valence-corrected chi connectivity index (χ1v) is 6.81. The lowest BCUT2D eigenvalue weighted by atomic mass is 10.1. The van der Waals surface area contributed by atoms with Crippen LogP contribution in [-0.2, 0) is 6.42 Å². The summed E-state index contributed by atoms with van der Waals surface area (Å²) in [5.41, 5.74) is 7.07. The van der Waals surface area contributed by atoms with Gasteiger partial charge in [-0.2, -0.15) is 4.98 Å². The smallest absolute Gasteiger partial charge is 0.243 e. The van der Waals surface area contributed by atoms with Crippen LogP contribution in [-0.4, -0.2) is 10.1 Å². The minimum Gasteiger partial charge on any atom is -0.338 e. The van der Waals surface area contributed by atoms with E-state index in [2.05, 4.69) is 33.0 Å². The molecule has 96 valence electrons. The van der Waals surface area contributed by atoms with E-state index >= 15 is 0 Å². The van der Waals surface area contributed by atoms with Crippen molar-refractivity contribution < 1.29 is 4.52 Å². The normalized spacial score (nSPS) is 12.6. The number of hydrogen-bond acceptors (Lipinski definition) is 4. The largest absolute Gasteiger partial charge is 0.338 e. The fraction of sp³-hybridized carbons (Fsp3) is 0.385. The summed E-state index contributed by atoms with van der Waals surface area (Å²) in [6.07, 6.45) is 2.52. The van der Waals surface area contributed by atoms with Crippen LogP contribution in [0.4, 0.5) is 0 Å². The summed E-state index contributed by atoms with van der Waals surface area (Å²) in [5.74, 6) is 1.21. The molecule has 4 nitrogen and oxygen atoms in total. The van der Waals surface area contributed by atoms with E-state index in [0.29, 0.717) is 18.1 Å². The Labute approximate surface area is 115 Å². The van der Waals surface area contributed by atoms with Crippen LogP contribution >= 0.6 is 15.9 Å². The maximum absolute atomic E-state index is 5.93. The number of nitrogens with zero attached hydrogens (tertiary/aromatic N) is 2. The highest BCUT2D eigenvalue weighted by Gasteiger charge is 2.13. The molecule has 1 atom stereocenters. The van der Waals surface area contributed by atoms with E-state index in [4.69, 9.17) is 10.3 Å². The van der Waals surface area contributed by atoms with Crippen LogP contribution in [0.3, 0.4) is 0 Å². The van der Waals surface area contributed by atoms with Gasteiger partial charge in [0.05, 0.1) is 6.04 Å². The number of nitrogens with two attached hydrogens (primary N) is 1. The van der Waals surface area contributed by atoms with Crippen molar-refractivity contribution in [3.63, 3.8) is 0 Å². The van der Waals surface area contributed by atoms with Gasteiger partial charge in [-0.25, -0.2) is 0 Å². The highest BCUT2D eigenvalue weighted by molar-refractivity contribution is 9.10. The van der Waals surface area contributed by atoms with Gasteiger partial charge in [0.1, 0.15) is 0 Å². The number of rotatable bonds is 5. The molecule has 0 aliphatic rings. The van der Waals surface area contributed by atoms with E-state index in [-0.39, 0.29) is 6.04 Å². The van der Waals surface area contributed by atoms with Gasteiger partial charge in [-0.05, 0) is 24.1 Å². The number of aromatic nitrogens is 2. The van der Waals surface area contributed by atoms with Gasteiger partial charge in [0.15, 0.2) is 5.82 Å². The molecule has 0 aliphatic heterocycles. The third kappa shape index (κ3) is 3.40. The molecule has 0 unspecified atom stereocenters. The van der Waals surface area contributed by atoms with E-state index in [1.165, 1.54) is 0 Å². The molecule has 1 aromatic heterocycles. The zero-order valence-corrected chi connectivity index (χ0v) is 11.9. The minimum absolute atomic E-state index is 0.154. The van der Waals surface area contributed by atoms with Gasteiger partial charge in [0.2, 0.25) is 5.89 Å². The third-order valence-corrected chi connectivity index (χ3v) is 3.15. The second-order valence-corrected chi connectivity index (χ2v) is 5.17. The first kappa shape index (κ1) is 13.2. The molecule has 18 heavy (non-hydrogen) atoms. The SMILES string of the molecule is CCC[C@@H](N)c1nc(Cc2cccc(Br)c2)no1. The number of halogens is 1. The van der Waals surface area contributed by atoms with Crippen molar-refractivity contribution >= 4 is 15.9 Å². The van der Waals surface area contributed by atoms with Crippen LogP contribution in [0.2, 0.25) is 0 Å². The lowest BCUT2D eigenvalue weighted by Gasteiger charge is -2.02. The summed E-state index contributed by atoms with van der Waals surface area (Å²) >= 11 is 3.44. The Morgan fingerprint density at radius 1 is 1.44 bits per heavy atom. The Hall–Kier alpha value is -1.20. The van der Waals surface area contributed by atoms with Crippen molar-refractivity contribution in [1.29, 1.82) is 0 Å². The van der Waals surface area contributed by atoms with Gasteiger partial charge >= 0.3 is 0 Å². The highest BCUT2D eigenvalue weighted by Crippen LogP contribution is 2.16. The van der Waals surface area contributed by atoms with Crippen LogP contribution in [0.15, 0.2) is 33.3 Å². The molecular formula is C13H16BrN3O. The van der Waals surface area contributed by atoms with E-state index in [1.807, 2.05) is 24.3 Å². The second-order valence-electron chi connectivity index (χ2n) is 4.25. The summed E-state index contributed by atoms with van der Waals surface area (Å²) in [4.78, 5) is 4.34. The number of benzene rings is 1. The zero-order chi connectivity index (χ0) is 13.0. The Morgan fingerprint density at radius 3 is 3.00 bits per heavy atom. The van der Waals surface area contributed by atoms with Gasteiger partial charge in [-0.1, -0.05) is 46.6 Å². The van der Waals surface area contributed by atoms with Gasteiger partial charge in [0.25, 0.3) is 0 Å². The molecule has 0 fully saturated rings. The van der Waals surface area contributed by atoms with E-state index in [0.717, 1.165) is 22.9 Å². The van der Waals surface area contributed by atoms with Crippen LogP contribution in [0.5, 0.6) is 0 Å². The van der Waals surface area contributed by atoms with E-state index in [1.54, 1.807) is 0 Å². The Kier molecular flexibility index (Phi) is 4.49. The quantitative estimate of drug-likeness (QED) is 0.921. The van der Waals surface area contributed by atoms with Crippen molar-refractivity contribution in [3.05, 3.63) is 46.0 Å². The Balaban J connectivity index is 2.06. The van der Waals surface area contributed by atoms with Gasteiger partial charge < -0.3 is 10.3 Å². The zero-order valence-electron chi connectivity index (χ0n) is 10.3. The maximum Gasteiger partial charge on any atom is 0.243 e. The van der Waals surface area contributed by atoms with Crippen LogP contribution < -0.4 is 5.73 Å². The molecule has 5 heteroatoms. The predicted octanol–water partition coefficient (Wildman–Crippen LogP) is 3.22. The fourth-order valence-electron chi connectivity index (χ4n) is 1.75. The first-order chi connectivity index (χ1) is 8.69. The lowest BCUT2D eigenvalue weighted by molar-refractivity contribution is 0.345. The molecule has 2 rings (SSSR count). The van der Waals surface area contributed by atoms with Crippen molar-refractivity contribution in [1.82, 2.24) is 10.1 Å². The van der Waals surface area contributed by atoms with E-state index in [9.17, 15) is 0 Å². The molecule has 1 aromatic carbocycles. The molecule has 1 heterocycles. The van der Waals surface area contributed by atoms with Gasteiger partial charge in [-0.15, -0.1) is 0 Å². The summed E-state index contributed by atoms with van der Waals surface area (Å²) in [6.45, 7) is 2.08. The summed E-state index contributed by atoms with van der Waals surface area (Å²) in [5, 5.41) is 3.96. The minimum atomic E-state index is -0.154. The molecule has 0 saturated carbocycles. The summed E-state index contributed by atoms with van der Waals surface area (Å²) in [6, 6.07) is 7.90. The summed E-state index contributed by atoms with van der Waals surface area (Å²) in [7, 11) is 0. The third-order valence-electron chi connectivity index (χ3n) is 2.65. The first-order valence-electron chi connectivity index (χ1n) is 6.01. The maximum atomic E-state index is 5.93. The molecule has 0 amide bonds. The summed E-state index contributed by atoms with van der Waals surface area (Å²) < 4.78 is 6.23. The molecule has 0 spiro atoms. The molecular weight excluding hydrogens is 294 g/mol. The van der Waals surface area contributed by atoms with Crippen LogP contribution in [0.1, 0.15) is 43.1 Å². The molecule has 0 aliphatic carbocycles. The Bertz CT molecular complexity index is 512. The predicted molar refractivity (Wildman–Crippen MR) is 73.1 cm³/mol. The van der Waals surface area contributed by atoms with Crippen molar-refractivity contribution in [2.75, 3.05) is 0 Å². The van der Waals surface area contributed by atoms with Crippen molar-refractivity contribution in [3.8, 4) is 0 Å². The molecule has 0 radical (unpaired) electrons. The van der Waals surface area contributed by atoms with Crippen molar-refractivity contribution in [2.24, 2.45) is 5.73 Å². The number of hydrogen-bond donors (Lipinski definition) is 1. The monoisotopic (exact) mass is 309 g/mol. The average Bonchev–Trinajstić information content (AvgIpc) is 2.78. The molecule has 2 aromatic rings. The molecule has 0 saturated heterocycles. The topological polar surface area (TPSA) is 64.9 Å². The molecule has 0 bridgehead atoms. The Morgan fingerprint density at radius 2 is 2.28 bits per heavy atom. The van der Waals surface area contributed by atoms with Crippen LogP contribution in [0, 0.1) is 0 Å². The fourth-order valence-corrected chi connectivity index (χ4v) is 2.20. The standard InChI is InChI=1S/C13H16BrN3O/c1-2-4-11(15)13-16-12(17-18-13)8-9-5-3-6-10(14)7-9/h3,5-7,11H,2,4,8,15H2,1H3/t11-/m1/s1. The van der Waals surface area contributed by atoms with Gasteiger partial charge in [0, 0.05) is 10.9 Å². The lowest BCUT2D eigenvalue weighted by Crippen LogP contribution is -2.10. The van der Waals surface area contributed by atoms with E-state index < -0.39 is 0 Å². The van der Waals surface area contributed by atoms with Crippen LogP contribution in [0.25, 0.3) is 0 Å². The second kappa shape index (κ2) is 6.11. The highest BCUT2D eigenvalue weighted by atomic mass is 79.9. The average molecular weight is 310 g/mol.